The zero-order valence-electron chi connectivity index (χ0n) is 20.4. The molecule has 0 fully saturated rings. The zero-order valence-corrected chi connectivity index (χ0v) is 22.1. The summed E-state index contributed by atoms with van der Waals surface area (Å²) in [5.74, 6) is 0. The third kappa shape index (κ3) is 4.05. The fourth-order valence-corrected chi connectivity index (χ4v) is 10.7. The molecule has 176 valence electrons. The smallest absolute Gasteiger partial charge is 0.116 e. The molecule has 0 bridgehead atoms. The molecule has 1 heterocycles. The molecule has 5 aromatic carbocycles. The molecule has 6 rings (SSSR count). The van der Waals surface area contributed by atoms with Gasteiger partial charge >= 0.3 is 0 Å². The number of hydrogen-bond acceptors (Lipinski definition) is 2. The number of nitrogens with zero attached hydrogens (tertiary/aromatic N) is 1. The van der Waals surface area contributed by atoms with Crippen LogP contribution >= 0.6 is 19.0 Å². The van der Waals surface area contributed by atoms with Crippen LogP contribution in [0, 0.1) is 0 Å². The second kappa shape index (κ2) is 9.97. The van der Waals surface area contributed by atoms with Crippen LogP contribution in [0.25, 0.3) is 0 Å². The van der Waals surface area contributed by atoms with Crippen molar-refractivity contribution in [1.82, 2.24) is 0 Å². The highest BCUT2D eigenvalue weighted by molar-refractivity contribution is 7.99. The molecule has 0 radical (unpaired) electrons. The van der Waals surface area contributed by atoms with E-state index in [2.05, 4.69) is 145 Å². The van der Waals surface area contributed by atoms with Crippen molar-refractivity contribution in [3.05, 3.63) is 139 Å². The molecule has 0 saturated heterocycles. The summed E-state index contributed by atoms with van der Waals surface area (Å²) >= 11 is 1.90. The zero-order chi connectivity index (χ0) is 24.4. The van der Waals surface area contributed by atoms with E-state index in [1.807, 2.05) is 11.8 Å². The summed E-state index contributed by atoms with van der Waals surface area (Å²) in [6.45, 7) is 3.19. The van der Waals surface area contributed by atoms with Gasteiger partial charge in [-0.3, -0.25) is 0 Å². The van der Waals surface area contributed by atoms with Gasteiger partial charge in [0.25, 0.3) is 0 Å². The summed E-state index contributed by atoms with van der Waals surface area (Å²) in [4.78, 5) is 5.12. The standard InChI is InChI=1S/C33H29NPS/c1-2-34-30-20-12-13-21-32(30)36-33-24-26(22-23-31(33)34)25-35(27-14-6-3-7-15-27,28-16-8-4-9-17-28)29-18-10-5-11-19-29/h3-24H,2,25H2,1H3/q+1. The lowest BCUT2D eigenvalue weighted by atomic mass is 10.2. The second-order valence-electron chi connectivity index (χ2n) is 9.09. The molecule has 0 aliphatic carbocycles. The molecular formula is C33H29NPS+. The Bertz CT molecular complexity index is 1370. The Labute approximate surface area is 219 Å². The van der Waals surface area contributed by atoms with Crippen molar-refractivity contribution in [3.63, 3.8) is 0 Å². The molecule has 0 atom stereocenters. The highest BCUT2D eigenvalue weighted by atomic mass is 32.2. The lowest BCUT2D eigenvalue weighted by molar-refractivity contribution is 0.977. The first kappa shape index (κ1) is 23.1. The normalized spacial score (nSPS) is 12.6. The number of anilines is 2. The molecule has 0 spiro atoms. The lowest BCUT2D eigenvalue weighted by Crippen LogP contribution is -2.32. The predicted octanol–water partition coefficient (Wildman–Crippen LogP) is 7.80. The Hall–Kier alpha value is -3.32. The topological polar surface area (TPSA) is 3.24 Å². The Morgan fingerprint density at radius 3 is 1.61 bits per heavy atom. The highest BCUT2D eigenvalue weighted by Gasteiger charge is 2.45. The first-order valence-electron chi connectivity index (χ1n) is 12.5. The van der Waals surface area contributed by atoms with Crippen LogP contribution in [0.5, 0.6) is 0 Å². The third-order valence-electron chi connectivity index (χ3n) is 7.02. The molecule has 5 aromatic rings. The van der Waals surface area contributed by atoms with Crippen molar-refractivity contribution in [2.24, 2.45) is 0 Å². The highest BCUT2D eigenvalue weighted by Crippen LogP contribution is 2.59. The van der Waals surface area contributed by atoms with E-state index in [9.17, 15) is 0 Å². The SMILES string of the molecule is CCN1c2ccccc2Sc2cc(C[P+](c3ccccc3)(c3ccccc3)c3ccccc3)ccc21. The van der Waals surface area contributed by atoms with Crippen molar-refractivity contribution in [3.8, 4) is 0 Å². The second-order valence-corrected chi connectivity index (χ2v) is 13.7. The van der Waals surface area contributed by atoms with Gasteiger partial charge in [-0.2, -0.15) is 0 Å². The number of fused-ring (bicyclic) bond motifs is 2. The van der Waals surface area contributed by atoms with Crippen LogP contribution in [0.3, 0.4) is 0 Å². The molecule has 0 unspecified atom stereocenters. The first-order chi connectivity index (χ1) is 17.8. The summed E-state index contributed by atoms with van der Waals surface area (Å²) in [5, 5.41) is 4.27. The van der Waals surface area contributed by atoms with E-state index in [-0.39, 0.29) is 0 Å². The van der Waals surface area contributed by atoms with Gasteiger partial charge in [0.05, 0.1) is 17.5 Å². The Morgan fingerprint density at radius 1 is 0.556 bits per heavy atom. The van der Waals surface area contributed by atoms with E-state index in [0.29, 0.717) is 0 Å². The fraction of sp³-hybridized carbons (Fsp3) is 0.0909. The molecule has 1 nitrogen and oxygen atoms in total. The van der Waals surface area contributed by atoms with Crippen molar-refractivity contribution in [1.29, 1.82) is 0 Å². The van der Waals surface area contributed by atoms with Gasteiger partial charge in [-0.25, -0.2) is 0 Å². The number of rotatable bonds is 6. The van der Waals surface area contributed by atoms with Gasteiger partial charge in [0.2, 0.25) is 0 Å². The summed E-state index contributed by atoms with van der Waals surface area (Å²) in [6, 6.07) is 49.4. The average molecular weight is 503 g/mol. The maximum Gasteiger partial charge on any atom is 0.116 e. The van der Waals surface area contributed by atoms with Crippen LogP contribution in [-0.2, 0) is 6.16 Å². The number of hydrogen-bond donors (Lipinski definition) is 0. The van der Waals surface area contributed by atoms with Crippen LogP contribution in [0.2, 0.25) is 0 Å². The molecule has 36 heavy (non-hydrogen) atoms. The van der Waals surface area contributed by atoms with E-state index in [4.69, 9.17) is 0 Å². The Balaban J connectivity index is 1.51. The van der Waals surface area contributed by atoms with E-state index in [0.717, 1.165) is 12.7 Å². The minimum atomic E-state index is -1.92. The molecule has 0 aromatic heterocycles. The number of benzene rings is 5. The van der Waals surface area contributed by atoms with Crippen LogP contribution in [-0.4, -0.2) is 6.54 Å². The molecule has 0 saturated carbocycles. The Kier molecular flexibility index (Phi) is 6.40. The predicted molar refractivity (Wildman–Crippen MR) is 159 cm³/mol. The maximum absolute atomic E-state index is 2.45. The molecular weight excluding hydrogens is 473 g/mol. The molecule has 1 aliphatic rings. The van der Waals surface area contributed by atoms with Gasteiger partial charge in [-0.1, -0.05) is 84.6 Å². The van der Waals surface area contributed by atoms with Crippen LogP contribution < -0.4 is 20.8 Å². The van der Waals surface area contributed by atoms with Gasteiger partial charge in [0.1, 0.15) is 23.2 Å². The minimum Gasteiger partial charge on any atom is -0.340 e. The molecule has 1 aliphatic heterocycles. The van der Waals surface area contributed by atoms with Gasteiger partial charge in [-0.15, -0.1) is 0 Å². The third-order valence-corrected chi connectivity index (χ3v) is 12.5. The van der Waals surface area contributed by atoms with Crippen molar-refractivity contribution in [2.75, 3.05) is 11.4 Å². The summed E-state index contributed by atoms with van der Waals surface area (Å²) in [7, 11) is -1.92. The molecule has 0 amide bonds. The van der Waals surface area contributed by atoms with E-state index >= 15 is 0 Å². The monoisotopic (exact) mass is 502 g/mol. The largest absolute Gasteiger partial charge is 0.340 e. The number of para-hydroxylation sites is 1. The van der Waals surface area contributed by atoms with Gasteiger partial charge in [-0.05, 0) is 73.2 Å². The van der Waals surface area contributed by atoms with Gasteiger partial charge in [0.15, 0.2) is 0 Å². The fourth-order valence-electron chi connectivity index (χ4n) is 5.36. The summed E-state index contributed by atoms with van der Waals surface area (Å²) < 4.78 is 0. The van der Waals surface area contributed by atoms with Crippen LogP contribution in [0.4, 0.5) is 11.4 Å². The van der Waals surface area contributed by atoms with E-state index < -0.39 is 7.26 Å². The first-order valence-corrected chi connectivity index (χ1v) is 15.3. The molecule has 0 N–H and O–H groups in total. The van der Waals surface area contributed by atoms with Gasteiger partial charge < -0.3 is 4.90 Å². The quantitative estimate of drug-likeness (QED) is 0.218. The van der Waals surface area contributed by atoms with Gasteiger partial charge in [0, 0.05) is 16.3 Å². The minimum absolute atomic E-state index is 0.957. The van der Waals surface area contributed by atoms with E-state index in [1.165, 1.54) is 42.6 Å². The molecule has 3 heteroatoms. The van der Waals surface area contributed by atoms with Crippen molar-refractivity contribution >= 4 is 46.3 Å². The van der Waals surface area contributed by atoms with E-state index in [1.54, 1.807) is 0 Å². The lowest BCUT2D eigenvalue weighted by Gasteiger charge is -2.33. The maximum atomic E-state index is 2.45. The van der Waals surface area contributed by atoms with Crippen molar-refractivity contribution < 1.29 is 0 Å². The Morgan fingerprint density at radius 2 is 1.06 bits per heavy atom. The average Bonchev–Trinajstić information content (AvgIpc) is 2.96. The van der Waals surface area contributed by atoms with Crippen molar-refractivity contribution in [2.45, 2.75) is 22.9 Å². The summed E-state index contributed by atoms with van der Waals surface area (Å²) in [6.07, 6.45) is 0.993. The summed E-state index contributed by atoms with van der Waals surface area (Å²) in [5.41, 5.74) is 4.01. The van der Waals surface area contributed by atoms with Crippen LogP contribution in [0.1, 0.15) is 12.5 Å². The van der Waals surface area contributed by atoms with Crippen LogP contribution in [0.15, 0.2) is 143 Å².